The van der Waals surface area contributed by atoms with Crippen LogP contribution in [0, 0.1) is 0 Å². The van der Waals surface area contributed by atoms with Crippen molar-refractivity contribution in [2.45, 2.75) is 18.9 Å². The average molecular weight is 295 g/mol. The molecule has 1 aromatic heterocycles. The minimum atomic E-state index is -0.979. The van der Waals surface area contributed by atoms with Crippen molar-refractivity contribution >= 4 is 17.4 Å². The van der Waals surface area contributed by atoms with Crippen molar-refractivity contribution < 1.29 is 19.4 Å². The number of hydrogen-bond acceptors (Lipinski definition) is 4. The minimum Gasteiger partial charge on any atom is -0.485 e. The summed E-state index contributed by atoms with van der Waals surface area (Å²) in [5.74, 6) is 1.79. The molecule has 1 amide bonds. The van der Waals surface area contributed by atoms with Gasteiger partial charge in [-0.1, -0.05) is 24.3 Å². The van der Waals surface area contributed by atoms with Crippen LogP contribution in [-0.2, 0) is 0 Å². The Kier molecular flexibility index (Phi) is 4.68. The zero-order valence-corrected chi connectivity index (χ0v) is 12.0. The van der Waals surface area contributed by atoms with Crippen molar-refractivity contribution in [2.75, 3.05) is 13.2 Å². The van der Waals surface area contributed by atoms with Crippen LogP contribution in [0.1, 0.15) is 13.3 Å². The van der Waals surface area contributed by atoms with Gasteiger partial charge in [0.25, 0.3) is 0 Å². The predicted molar refractivity (Wildman–Crippen MR) is 77.8 cm³/mol. The van der Waals surface area contributed by atoms with E-state index in [1.54, 1.807) is 11.3 Å². The second kappa shape index (κ2) is 6.47. The predicted octanol–water partition coefficient (Wildman–Crippen LogP) is 3.05. The molecule has 0 aromatic carbocycles. The van der Waals surface area contributed by atoms with Gasteiger partial charge in [0.2, 0.25) is 0 Å². The summed E-state index contributed by atoms with van der Waals surface area (Å²) >= 11 is 1.61. The van der Waals surface area contributed by atoms with Gasteiger partial charge in [0.05, 0.1) is 5.54 Å². The number of carbonyl (C=O) groups is 1. The molecule has 5 nitrogen and oxygen atoms in total. The number of ether oxygens (including phenoxy) is 2. The summed E-state index contributed by atoms with van der Waals surface area (Å²) in [4.78, 5) is 10.3. The molecule has 1 unspecified atom stereocenters. The second-order valence-corrected chi connectivity index (χ2v) is 5.38. The first-order valence-corrected chi connectivity index (χ1v) is 7.21. The molecular formula is C14H17NO4S. The van der Waals surface area contributed by atoms with Crippen LogP contribution in [0.4, 0.5) is 4.79 Å². The Hall–Kier alpha value is -1.95. The maximum Gasteiger partial charge on any atom is 0.405 e. The van der Waals surface area contributed by atoms with Gasteiger partial charge < -0.3 is 19.9 Å². The van der Waals surface area contributed by atoms with Crippen molar-refractivity contribution in [3.63, 3.8) is 0 Å². The largest absolute Gasteiger partial charge is 0.485 e. The average Bonchev–Trinajstić information content (AvgIpc) is 2.87. The van der Waals surface area contributed by atoms with Gasteiger partial charge in [-0.05, 0) is 13.3 Å². The molecule has 3 rings (SSSR count). The number of allylic oxidation sites excluding steroid dienone is 2. The summed E-state index contributed by atoms with van der Waals surface area (Å²) in [6.07, 6.45) is 7.28. The maximum atomic E-state index is 10.3. The van der Waals surface area contributed by atoms with Crippen LogP contribution < -0.4 is 14.8 Å². The zero-order chi connectivity index (χ0) is 14.4. The van der Waals surface area contributed by atoms with Gasteiger partial charge in [-0.25, -0.2) is 4.79 Å². The minimum absolute atomic E-state index is 0.416. The van der Waals surface area contributed by atoms with Gasteiger partial charge in [-0.3, -0.25) is 0 Å². The summed E-state index contributed by atoms with van der Waals surface area (Å²) in [6.45, 7) is 3.22. The normalized spacial score (nSPS) is 22.6. The zero-order valence-electron chi connectivity index (χ0n) is 11.2. The SMILES string of the molecule is CC1(NC(=O)O)C=CC=CC1.c1scc2c1OCCO2. The van der Waals surface area contributed by atoms with E-state index < -0.39 is 11.6 Å². The molecule has 0 saturated heterocycles. The molecule has 0 radical (unpaired) electrons. The van der Waals surface area contributed by atoms with Crippen LogP contribution in [0.5, 0.6) is 11.5 Å². The first-order chi connectivity index (χ1) is 9.59. The van der Waals surface area contributed by atoms with Gasteiger partial charge >= 0.3 is 6.09 Å². The molecule has 2 aliphatic rings. The van der Waals surface area contributed by atoms with Gasteiger partial charge in [0.15, 0.2) is 11.5 Å². The highest BCUT2D eigenvalue weighted by Crippen LogP contribution is 2.33. The highest BCUT2D eigenvalue weighted by Gasteiger charge is 2.22. The van der Waals surface area contributed by atoms with Crippen LogP contribution in [0.15, 0.2) is 35.1 Å². The molecule has 2 heterocycles. The molecular weight excluding hydrogens is 278 g/mol. The molecule has 20 heavy (non-hydrogen) atoms. The molecule has 1 aliphatic heterocycles. The lowest BCUT2D eigenvalue weighted by Gasteiger charge is -2.25. The van der Waals surface area contributed by atoms with Crippen LogP contribution >= 0.6 is 11.3 Å². The Morgan fingerprint density at radius 2 is 1.95 bits per heavy atom. The van der Waals surface area contributed by atoms with E-state index in [2.05, 4.69) is 5.32 Å². The lowest BCUT2D eigenvalue weighted by molar-refractivity contribution is 0.173. The highest BCUT2D eigenvalue weighted by atomic mass is 32.1. The van der Waals surface area contributed by atoms with Crippen LogP contribution in [0.3, 0.4) is 0 Å². The van der Waals surface area contributed by atoms with Gasteiger partial charge in [-0.15, -0.1) is 11.3 Å². The number of fused-ring (bicyclic) bond motifs is 1. The highest BCUT2D eigenvalue weighted by molar-refractivity contribution is 7.08. The van der Waals surface area contributed by atoms with E-state index in [9.17, 15) is 4.79 Å². The van der Waals surface area contributed by atoms with Crippen molar-refractivity contribution in [3.8, 4) is 11.5 Å². The Balaban J connectivity index is 0.000000149. The van der Waals surface area contributed by atoms with E-state index in [4.69, 9.17) is 14.6 Å². The number of rotatable bonds is 1. The smallest absolute Gasteiger partial charge is 0.405 e. The van der Waals surface area contributed by atoms with E-state index in [1.807, 2.05) is 42.0 Å². The van der Waals surface area contributed by atoms with Crippen molar-refractivity contribution in [1.29, 1.82) is 0 Å². The van der Waals surface area contributed by atoms with Gasteiger partial charge in [-0.2, -0.15) is 0 Å². The third kappa shape index (κ3) is 4.03. The molecule has 0 fully saturated rings. The van der Waals surface area contributed by atoms with Gasteiger partial charge in [0.1, 0.15) is 13.2 Å². The second-order valence-electron chi connectivity index (χ2n) is 4.64. The summed E-state index contributed by atoms with van der Waals surface area (Å²) in [5, 5.41) is 14.8. The molecule has 1 atom stereocenters. The van der Waals surface area contributed by atoms with E-state index in [0.29, 0.717) is 13.2 Å². The molecule has 1 aromatic rings. The molecule has 6 heteroatoms. The quantitative estimate of drug-likeness (QED) is 0.835. The molecule has 0 saturated carbocycles. The number of nitrogens with one attached hydrogen (secondary N) is 1. The fourth-order valence-electron chi connectivity index (χ4n) is 1.85. The Bertz CT molecular complexity index is 502. The van der Waals surface area contributed by atoms with E-state index in [1.165, 1.54) is 0 Å². The first kappa shape index (κ1) is 14.5. The fourth-order valence-corrected chi connectivity index (χ4v) is 2.54. The molecule has 0 spiro atoms. The number of carboxylic acid groups (broad SMARTS) is 1. The van der Waals surface area contributed by atoms with E-state index in [-0.39, 0.29) is 0 Å². The topological polar surface area (TPSA) is 67.8 Å². The third-order valence-electron chi connectivity index (χ3n) is 2.84. The maximum absolute atomic E-state index is 10.3. The van der Waals surface area contributed by atoms with Crippen molar-refractivity contribution in [3.05, 3.63) is 35.1 Å². The molecule has 1 aliphatic carbocycles. The Morgan fingerprint density at radius 3 is 2.45 bits per heavy atom. The fraction of sp³-hybridized carbons (Fsp3) is 0.357. The summed E-state index contributed by atoms with van der Waals surface area (Å²) in [7, 11) is 0. The number of amides is 1. The Morgan fingerprint density at radius 1 is 1.30 bits per heavy atom. The van der Waals surface area contributed by atoms with Gasteiger partial charge in [0, 0.05) is 10.8 Å². The first-order valence-electron chi connectivity index (χ1n) is 6.26. The van der Waals surface area contributed by atoms with Crippen LogP contribution in [0.25, 0.3) is 0 Å². The van der Waals surface area contributed by atoms with E-state index in [0.717, 1.165) is 17.9 Å². The third-order valence-corrected chi connectivity index (χ3v) is 3.54. The summed E-state index contributed by atoms with van der Waals surface area (Å²) in [5.41, 5.74) is -0.416. The molecule has 0 bridgehead atoms. The standard InChI is InChI=1S/C8H11NO2.C6H6O2S/c1-8(9-7(10)11)5-3-2-4-6-8;1-2-8-6-4-9-3-5(6)7-1/h2-5,9H,6H2,1H3,(H,10,11);3-4H,1-2H2. The lowest BCUT2D eigenvalue weighted by atomic mass is 9.94. The summed E-state index contributed by atoms with van der Waals surface area (Å²) < 4.78 is 10.5. The monoisotopic (exact) mass is 295 g/mol. The molecule has 2 N–H and O–H groups in total. The summed E-state index contributed by atoms with van der Waals surface area (Å²) in [6, 6.07) is 0. The molecule has 108 valence electrons. The Labute approximate surface area is 121 Å². The van der Waals surface area contributed by atoms with E-state index >= 15 is 0 Å². The van der Waals surface area contributed by atoms with Crippen LogP contribution in [-0.4, -0.2) is 30.0 Å². The van der Waals surface area contributed by atoms with Crippen molar-refractivity contribution in [2.24, 2.45) is 0 Å². The van der Waals surface area contributed by atoms with Crippen molar-refractivity contribution in [1.82, 2.24) is 5.32 Å². The lowest BCUT2D eigenvalue weighted by Crippen LogP contribution is -2.43. The number of hydrogen-bond donors (Lipinski definition) is 2. The number of thiophene rings is 1. The van der Waals surface area contributed by atoms with Crippen LogP contribution in [0.2, 0.25) is 0 Å².